The molecular formula is C18H13BrFNO. The van der Waals surface area contributed by atoms with Crippen LogP contribution >= 0.6 is 15.9 Å². The van der Waals surface area contributed by atoms with Crippen LogP contribution in [-0.2, 0) is 11.9 Å². The number of halogens is 2. The molecule has 3 rings (SSSR count). The van der Waals surface area contributed by atoms with Gasteiger partial charge < -0.3 is 4.74 Å². The Bertz CT molecular complexity index is 820. The van der Waals surface area contributed by atoms with E-state index >= 15 is 0 Å². The van der Waals surface area contributed by atoms with Crippen molar-refractivity contribution in [1.82, 2.24) is 0 Å². The van der Waals surface area contributed by atoms with Crippen LogP contribution in [-0.4, -0.2) is 0 Å². The van der Waals surface area contributed by atoms with E-state index in [1.807, 2.05) is 12.1 Å². The van der Waals surface area contributed by atoms with Crippen molar-refractivity contribution < 1.29 is 9.13 Å². The van der Waals surface area contributed by atoms with Gasteiger partial charge in [-0.3, -0.25) is 0 Å². The predicted octanol–water partition coefficient (Wildman–Crippen LogP) is 4.96. The van der Waals surface area contributed by atoms with Gasteiger partial charge in [0, 0.05) is 28.1 Å². The minimum atomic E-state index is -0.347. The Kier molecular flexibility index (Phi) is 4.00. The molecular weight excluding hydrogens is 345 g/mol. The van der Waals surface area contributed by atoms with Crippen LogP contribution in [0.25, 0.3) is 5.57 Å². The van der Waals surface area contributed by atoms with Crippen molar-refractivity contribution in [2.75, 3.05) is 0 Å². The van der Waals surface area contributed by atoms with E-state index in [-0.39, 0.29) is 5.82 Å². The minimum Gasteiger partial charge on any atom is -0.488 e. The molecule has 0 aliphatic carbocycles. The molecule has 0 aromatic heterocycles. The molecule has 0 saturated heterocycles. The molecule has 0 amide bonds. The molecule has 0 atom stereocenters. The molecule has 0 fully saturated rings. The lowest BCUT2D eigenvalue weighted by atomic mass is 9.90. The number of benzene rings is 2. The van der Waals surface area contributed by atoms with Crippen molar-refractivity contribution in [3.63, 3.8) is 0 Å². The number of nitrogens with zero attached hydrogens (tertiary/aromatic N) is 1. The number of hydrogen-bond donors (Lipinski definition) is 0. The summed E-state index contributed by atoms with van der Waals surface area (Å²) in [5.41, 5.74) is 5.25. The zero-order valence-electron chi connectivity index (χ0n) is 12.0. The van der Waals surface area contributed by atoms with Crippen LogP contribution in [0.3, 0.4) is 0 Å². The first kappa shape index (κ1) is 14.8. The molecule has 0 radical (unpaired) electrons. The average Bonchev–Trinajstić information content (AvgIpc) is 2.70. The molecule has 2 aromatic carbocycles. The maximum Gasteiger partial charge on any atom is 0.130 e. The topological polar surface area (TPSA) is 33.0 Å². The van der Waals surface area contributed by atoms with Crippen molar-refractivity contribution in [3.8, 4) is 11.8 Å². The van der Waals surface area contributed by atoms with Crippen LogP contribution in [0.5, 0.6) is 5.75 Å². The van der Waals surface area contributed by atoms with Gasteiger partial charge in [0.25, 0.3) is 0 Å². The zero-order valence-corrected chi connectivity index (χ0v) is 13.6. The molecule has 2 nitrogen and oxygen atoms in total. The fourth-order valence-electron chi connectivity index (χ4n) is 2.68. The zero-order chi connectivity index (χ0) is 15.7. The summed E-state index contributed by atoms with van der Waals surface area (Å²) in [6.07, 6.45) is 0. The van der Waals surface area contributed by atoms with E-state index in [1.165, 1.54) is 12.1 Å². The lowest BCUT2D eigenvalue weighted by Gasteiger charge is -2.12. The van der Waals surface area contributed by atoms with Crippen molar-refractivity contribution in [2.45, 2.75) is 18.9 Å². The monoisotopic (exact) mass is 357 g/mol. The second-order valence-electron chi connectivity index (χ2n) is 5.17. The number of ether oxygens (including phenoxy) is 1. The summed E-state index contributed by atoms with van der Waals surface area (Å²) in [5, 5.41) is 10.1. The third-order valence-electron chi connectivity index (χ3n) is 3.73. The maximum absolute atomic E-state index is 13.5. The smallest absolute Gasteiger partial charge is 0.130 e. The quantitative estimate of drug-likeness (QED) is 0.533. The fourth-order valence-corrected chi connectivity index (χ4v) is 3.02. The Morgan fingerprint density at radius 3 is 2.77 bits per heavy atom. The first-order valence-corrected chi connectivity index (χ1v) is 7.98. The number of nitriles is 1. The highest BCUT2D eigenvalue weighted by molar-refractivity contribution is 9.08. The summed E-state index contributed by atoms with van der Waals surface area (Å²) in [6.45, 7) is 2.13. The third kappa shape index (κ3) is 2.53. The second-order valence-corrected chi connectivity index (χ2v) is 5.73. The summed E-state index contributed by atoms with van der Waals surface area (Å²) in [6, 6.07) is 12.7. The van der Waals surface area contributed by atoms with Gasteiger partial charge >= 0.3 is 0 Å². The van der Waals surface area contributed by atoms with Crippen molar-refractivity contribution >= 4 is 21.5 Å². The molecule has 0 spiro atoms. The molecule has 0 bridgehead atoms. The van der Waals surface area contributed by atoms with Crippen molar-refractivity contribution in [1.29, 1.82) is 5.26 Å². The van der Waals surface area contributed by atoms with Gasteiger partial charge in [-0.25, -0.2) is 4.39 Å². The van der Waals surface area contributed by atoms with Gasteiger partial charge in [0.2, 0.25) is 0 Å². The maximum atomic E-state index is 13.5. The number of alkyl halides is 1. The Morgan fingerprint density at radius 2 is 2.05 bits per heavy atom. The standard InChI is InChI=1S/C18H13BrFNO/c1-11(9-21)18-15-4-2-12(8-19)6-13(15)10-22-17-7-14(20)3-5-16(17)18/h2-7H,8,10H2,1H3/b18-11+. The van der Waals surface area contributed by atoms with Gasteiger partial charge in [-0.1, -0.05) is 34.1 Å². The second kappa shape index (κ2) is 5.94. The van der Waals surface area contributed by atoms with Gasteiger partial charge in [0.1, 0.15) is 18.2 Å². The molecule has 1 heterocycles. The van der Waals surface area contributed by atoms with Crippen LogP contribution in [0.2, 0.25) is 0 Å². The third-order valence-corrected chi connectivity index (χ3v) is 4.38. The fraction of sp³-hybridized carbons (Fsp3) is 0.167. The Morgan fingerprint density at radius 1 is 1.27 bits per heavy atom. The van der Waals surface area contributed by atoms with E-state index in [0.717, 1.165) is 33.2 Å². The number of fused-ring (bicyclic) bond motifs is 2. The van der Waals surface area contributed by atoms with Gasteiger partial charge in [-0.2, -0.15) is 5.26 Å². The van der Waals surface area contributed by atoms with Crippen LogP contribution in [0, 0.1) is 17.1 Å². The normalized spacial score (nSPS) is 15.0. The highest BCUT2D eigenvalue weighted by Crippen LogP contribution is 2.39. The van der Waals surface area contributed by atoms with Gasteiger partial charge in [0.05, 0.1) is 6.07 Å². The van der Waals surface area contributed by atoms with Gasteiger partial charge in [-0.15, -0.1) is 0 Å². The van der Waals surface area contributed by atoms with E-state index in [0.29, 0.717) is 17.9 Å². The van der Waals surface area contributed by atoms with E-state index in [2.05, 4.69) is 28.1 Å². The Hall–Kier alpha value is -2.12. The minimum absolute atomic E-state index is 0.347. The van der Waals surface area contributed by atoms with Crippen molar-refractivity contribution in [3.05, 3.63) is 70.0 Å². The molecule has 1 aliphatic rings. The summed E-state index contributed by atoms with van der Waals surface area (Å²) in [4.78, 5) is 0. The lowest BCUT2D eigenvalue weighted by molar-refractivity contribution is 0.305. The predicted molar refractivity (Wildman–Crippen MR) is 87.1 cm³/mol. The SMILES string of the molecule is C/C(C#N)=C1/c2ccc(CBr)cc2COc2cc(F)ccc21. The molecule has 1 aliphatic heterocycles. The van der Waals surface area contributed by atoms with E-state index in [1.54, 1.807) is 13.0 Å². The Labute approximate surface area is 137 Å². The molecule has 0 saturated carbocycles. The molecule has 110 valence electrons. The van der Waals surface area contributed by atoms with Crippen LogP contribution in [0.4, 0.5) is 4.39 Å². The highest BCUT2D eigenvalue weighted by atomic mass is 79.9. The van der Waals surface area contributed by atoms with Crippen molar-refractivity contribution in [2.24, 2.45) is 0 Å². The summed E-state index contributed by atoms with van der Waals surface area (Å²) in [7, 11) is 0. The van der Waals surface area contributed by atoms with Gasteiger partial charge in [0.15, 0.2) is 0 Å². The largest absolute Gasteiger partial charge is 0.488 e. The summed E-state index contributed by atoms with van der Waals surface area (Å²) in [5.74, 6) is 0.126. The molecule has 0 N–H and O–H groups in total. The molecule has 0 unspecified atom stereocenters. The summed E-state index contributed by atoms with van der Waals surface area (Å²) < 4.78 is 19.3. The van der Waals surface area contributed by atoms with Crippen LogP contribution in [0.15, 0.2) is 42.0 Å². The molecule has 22 heavy (non-hydrogen) atoms. The number of allylic oxidation sites excluding steroid dienone is 1. The van der Waals surface area contributed by atoms with Crippen LogP contribution < -0.4 is 4.74 Å². The first-order chi connectivity index (χ1) is 10.6. The average molecular weight is 358 g/mol. The molecule has 4 heteroatoms. The number of rotatable bonds is 1. The number of hydrogen-bond acceptors (Lipinski definition) is 2. The molecule has 2 aromatic rings. The lowest BCUT2D eigenvalue weighted by Crippen LogP contribution is -1.97. The summed E-state index contributed by atoms with van der Waals surface area (Å²) >= 11 is 3.45. The van der Waals surface area contributed by atoms with E-state index in [9.17, 15) is 9.65 Å². The Balaban J connectivity index is 2.30. The highest BCUT2D eigenvalue weighted by Gasteiger charge is 2.22. The van der Waals surface area contributed by atoms with Crippen LogP contribution in [0.1, 0.15) is 29.2 Å². The van der Waals surface area contributed by atoms with Gasteiger partial charge in [-0.05, 0) is 35.7 Å². The first-order valence-electron chi connectivity index (χ1n) is 6.86. The van der Waals surface area contributed by atoms with E-state index < -0.39 is 0 Å². The van der Waals surface area contributed by atoms with E-state index in [4.69, 9.17) is 4.74 Å².